The zero-order chi connectivity index (χ0) is 19.1. The summed E-state index contributed by atoms with van der Waals surface area (Å²) in [5, 5.41) is 0. The van der Waals surface area contributed by atoms with E-state index in [-0.39, 0.29) is 6.61 Å². The molecule has 2 N–H and O–H groups in total. The molecule has 0 amide bonds. The smallest absolute Gasteiger partial charge is 0.421 e. The molecule has 1 unspecified atom stereocenters. The van der Waals surface area contributed by atoms with Gasteiger partial charge in [-0.15, -0.1) is 0 Å². The van der Waals surface area contributed by atoms with Gasteiger partial charge in [0.15, 0.2) is 5.60 Å². The highest BCUT2D eigenvalue weighted by Crippen LogP contribution is 2.43. The molecule has 140 valence electrons. The zero-order valence-corrected chi connectivity index (χ0v) is 14.9. The van der Waals surface area contributed by atoms with E-state index in [0.717, 1.165) is 5.56 Å². The van der Waals surface area contributed by atoms with Crippen molar-refractivity contribution in [3.05, 3.63) is 29.3 Å². The predicted octanol–water partition coefficient (Wildman–Crippen LogP) is 0.933. The van der Waals surface area contributed by atoms with Crippen molar-refractivity contribution >= 4 is 17.9 Å². The van der Waals surface area contributed by atoms with Gasteiger partial charge in [0, 0.05) is 5.56 Å². The average Bonchev–Trinajstić information content (AvgIpc) is 2.88. The Kier molecular flexibility index (Phi) is 4.39. The molecule has 1 saturated heterocycles. The topological polar surface area (TPSA) is 114 Å². The summed E-state index contributed by atoms with van der Waals surface area (Å²) in [6.45, 7) is 5.11. The Bertz CT molecular complexity index is 755. The Labute approximate surface area is 150 Å². The molecule has 0 saturated carbocycles. The van der Waals surface area contributed by atoms with E-state index in [4.69, 9.17) is 24.7 Å². The number of ether oxygens (including phenoxy) is 4. The fourth-order valence-corrected chi connectivity index (χ4v) is 3.14. The summed E-state index contributed by atoms with van der Waals surface area (Å²) < 4.78 is 21.2. The van der Waals surface area contributed by atoms with Gasteiger partial charge >= 0.3 is 17.9 Å². The van der Waals surface area contributed by atoms with Gasteiger partial charge in [0.05, 0.1) is 12.6 Å². The quantitative estimate of drug-likeness (QED) is 0.621. The van der Waals surface area contributed by atoms with Crippen molar-refractivity contribution in [2.45, 2.75) is 51.0 Å². The van der Waals surface area contributed by atoms with Crippen LogP contribution in [0.5, 0.6) is 5.75 Å². The van der Waals surface area contributed by atoms with Crippen LogP contribution in [0.15, 0.2) is 18.2 Å². The van der Waals surface area contributed by atoms with Gasteiger partial charge in [-0.05, 0) is 51.3 Å². The molecule has 1 fully saturated rings. The van der Waals surface area contributed by atoms with E-state index in [0.29, 0.717) is 24.2 Å². The molecule has 1 atom stereocenters. The lowest BCUT2D eigenvalue weighted by Gasteiger charge is -2.37. The van der Waals surface area contributed by atoms with Gasteiger partial charge in [-0.1, -0.05) is 6.07 Å². The third kappa shape index (κ3) is 2.90. The fourth-order valence-electron chi connectivity index (χ4n) is 3.14. The summed E-state index contributed by atoms with van der Waals surface area (Å²) in [5.74, 6) is -3.98. The lowest BCUT2D eigenvalue weighted by atomic mass is 9.83. The van der Waals surface area contributed by atoms with Gasteiger partial charge in [0.2, 0.25) is 0 Å². The Balaban J connectivity index is 1.97. The minimum Gasteiger partial charge on any atom is -0.476 e. The second-order valence-corrected chi connectivity index (χ2v) is 6.74. The third-order valence-corrected chi connectivity index (χ3v) is 4.46. The molecule has 26 heavy (non-hydrogen) atoms. The lowest BCUT2D eigenvalue weighted by molar-refractivity contribution is -0.196. The van der Waals surface area contributed by atoms with Crippen molar-refractivity contribution in [2.75, 3.05) is 6.61 Å². The van der Waals surface area contributed by atoms with Crippen molar-refractivity contribution in [1.29, 1.82) is 0 Å². The molecule has 1 aromatic carbocycles. The van der Waals surface area contributed by atoms with Gasteiger partial charge < -0.3 is 24.7 Å². The molecule has 1 aromatic rings. The molecule has 1 aliphatic carbocycles. The number of fused-ring (bicyclic) bond motifs is 2. The number of hydrogen-bond donors (Lipinski definition) is 1. The van der Waals surface area contributed by atoms with E-state index in [1.165, 1.54) is 0 Å². The first kappa shape index (κ1) is 18.2. The number of rotatable bonds is 4. The molecule has 3 rings (SSSR count). The van der Waals surface area contributed by atoms with Crippen LogP contribution in [0, 0.1) is 0 Å². The molecule has 0 radical (unpaired) electrons. The highest BCUT2D eigenvalue weighted by atomic mass is 16.8. The summed E-state index contributed by atoms with van der Waals surface area (Å²) in [4.78, 5) is 35.3. The van der Waals surface area contributed by atoms with Crippen LogP contribution < -0.4 is 10.5 Å². The molecule has 8 heteroatoms. The lowest BCUT2D eigenvalue weighted by Crippen LogP contribution is -2.50. The van der Waals surface area contributed by atoms with Crippen LogP contribution in [0.4, 0.5) is 0 Å². The van der Waals surface area contributed by atoms with Gasteiger partial charge in [0.25, 0.3) is 5.79 Å². The molecule has 1 spiro atoms. The minimum absolute atomic E-state index is 0.236. The fraction of sp³-hybridized carbons (Fsp3) is 0.500. The van der Waals surface area contributed by atoms with E-state index in [2.05, 4.69) is 0 Å². The Hall–Kier alpha value is -2.61. The Morgan fingerprint density at radius 2 is 1.96 bits per heavy atom. The number of aryl methyl sites for hydroxylation is 1. The monoisotopic (exact) mass is 363 g/mol. The molecular weight excluding hydrogens is 342 g/mol. The van der Waals surface area contributed by atoms with Crippen molar-refractivity contribution in [1.82, 2.24) is 0 Å². The summed E-state index contributed by atoms with van der Waals surface area (Å²) in [5.41, 5.74) is 6.17. The van der Waals surface area contributed by atoms with Crippen molar-refractivity contribution in [2.24, 2.45) is 5.73 Å². The van der Waals surface area contributed by atoms with Crippen LogP contribution in [0.3, 0.4) is 0 Å². The normalized spacial score (nSPS) is 21.0. The summed E-state index contributed by atoms with van der Waals surface area (Å²) in [7, 11) is 0. The van der Waals surface area contributed by atoms with Gasteiger partial charge in [0.1, 0.15) is 5.75 Å². The van der Waals surface area contributed by atoms with E-state index in [1.54, 1.807) is 39.0 Å². The van der Waals surface area contributed by atoms with E-state index < -0.39 is 35.3 Å². The van der Waals surface area contributed by atoms with Crippen LogP contribution in [-0.4, -0.2) is 36.2 Å². The first-order chi connectivity index (χ1) is 12.2. The van der Waals surface area contributed by atoms with Gasteiger partial charge in [-0.3, -0.25) is 0 Å². The number of benzene rings is 1. The molecule has 1 heterocycles. The van der Waals surface area contributed by atoms with E-state index in [1.807, 2.05) is 0 Å². The van der Waals surface area contributed by atoms with Crippen LogP contribution in [0.1, 0.15) is 38.3 Å². The van der Waals surface area contributed by atoms with E-state index >= 15 is 0 Å². The van der Waals surface area contributed by atoms with E-state index in [9.17, 15) is 14.4 Å². The van der Waals surface area contributed by atoms with Crippen LogP contribution in [0.25, 0.3) is 0 Å². The largest absolute Gasteiger partial charge is 0.476 e. The van der Waals surface area contributed by atoms with Gasteiger partial charge in [-0.25, -0.2) is 14.4 Å². The highest BCUT2D eigenvalue weighted by molar-refractivity contribution is 6.31. The first-order valence-electron chi connectivity index (χ1n) is 8.41. The maximum atomic E-state index is 12.0. The number of carbonyl (C=O) groups excluding carboxylic acids is 3. The average molecular weight is 363 g/mol. The highest BCUT2D eigenvalue weighted by Gasteiger charge is 2.56. The number of nitrogens with two attached hydrogens (primary N) is 1. The minimum atomic E-state index is -1.66. The molecule has 0 bridgehead atoms. The van der Waals surface area contributed by atoms with Gasteiger partial charge in [-0.2, -0.15) is 0 Å². The molecular formula is C18H21NO7. The molecule has 1 aliphatic heterocycles. The maximum Gasteiger partial charge on any atom is 0.421 e. The maximum absolute atomic E-state index is 12.0. The number of carbonyl (C=O) groups is 3. The standard InChI is InChI=1S/C18H21NO7/c1-4-23-16(22)17(2,3)24-11-7-5-10-6-8-13(19)18(12(10)9-11)25-14(20)15(21)26-18/h5,7,9,13H,4,6,8,19H2,1-3H3. The number of hydrogen-bond acceptors (Lipinski definition) is 8. The predicted molar refractivity (Wildman–Crippen MR) is 87.9 cm³/mol. The van der Waals surface area contributed by atoms with Crippen molar-refractivity contribution < 1.29 is 33.3 Å². The van der Waals surface area contributed by atoms with Crippen LogP contribution >= 0.6 is 0 Å². The first-order valence-corrected chi connectivity index (χ1v) is 8.41. The molecule has 8 nitrogen and oxygen atoms in total. The Morgan fingerprint density at radius 3 is 2.58 bits per heavy atom. The van der Waals surface area contributed by atoms with Crippen LogP contribution in [-0.2, 0) is 40.8 Å². The van der Waals surface area contributed by atoms with Crippen molar-refractivity contribution in [3.8, 4) is 5.75 Å². The summed E-state index contributed by atoms with van der Waals surface area (Å²) >= 11 is 0. The SMILES string of the molecule is CCOC(=O)C(C)(C)Oc1ccc2c(c1)C1(OC(=O)C(=O)O1)C(N)CC2. The second-order valence-electron chi connectivity index (χ2n) is 6.74. The van der Waals surface area contributed by atoms with Crippen molar-refractivity contribution in [3.63, 3.8) is 0 Å². The zero-order valence-electron chi connectivity index (χ0n) is 14.9. The summed E-state index contributed by atoms with van der Waals surface area (Å²) in [6.07, 6.45) is 1.12. The van der Waals surface area contributed by atoms with Crippen LogP contribution in [0.2, 0.25) is 0 Å². The second kappa shape index (κ2) is 6.28. The molecule has 0 aromatic heterocycles. The summed E-state index contributed by atoms with van der Waals surface area (Å²) in [6, 6.07) is 4.36. The Morgan fingerprint density at radius 1 is 1.31 bits per heavy atom. The molecule has 2 aliphatic rings. The third-order valence-electron chi connectivity index (χ3n) is 4.46. The number of esters is 3.